The molecular weight excluding hydrogens is 306 g/mol. The molecule has 1 aromatic carbocycles. The number of hydrogen-bond acceptors (Lipinski definition) is 5. The van der Waals surface area contributed by atoms with E-state index >= 15 is 0 Å². The summed E-state index contributed by atoms with van der Waals surface area (Å²) in [7, 11) is 0. The van der Waals surface area contributed by atoms with Crippen LogP contribution in [0.2, 0.25) is 0 Å². The molecule has 0 radical (unpaired) electrons. The summed E-state index contributed by atoms with van der Waals surface area (Å²) in [5, 5.41) is 15.3. The third-order valence-corrected chi connectivity index (χ3v) is 4.12. The number of para-hydroxylation sites is 1. The zero-order valence-electron chi connectivity index (χ0n) is 10.1. The minimum Gasteiger partial charge on any atom is -0.380 e. The summed E-state index contributed by atoms with van der Waals surface area (Å²) in [6, 6.07) is 8.21. The summed E-state index contributed by atoms with van der Waals surface area (Å²) in [5.41, 5.74) is 1.34. The number of benzene rings is 1. The van der Waals surface area contributed by atoms with E-state index in [4.69, 9.17) is 0 Å². The standard InChI is InChI=1S/C12H10F2N2O2S2/c13-12(14)20-10-4-2-1-3-9(10)15-6-8-5-11(16(17)18)19-7-8/h1-5,7,12,15H,6H2. The zero-order chi connectivity index (χ0) is 14.5. The lowest BCUT2D eigenvalue weighted by Gasteiger charge is -2.10. The van der Waals surface area contributed by atoms with E-state index in [0.29, 0.717) is 28.9 Å². The molecule has 2 aromatic rings. The van der Waals surface area contributed by atoms with Crippen molar-refractivity contribution in [3.05, 3.63) is 51.4 Å². The van der Waals surface area contributed by atoms with Gasteiger partial charge in [0.05, 0.1) is 4.92 Å². The average Bonchev–Trinajstić information content (AvgIpc) is 2.86. The summed E-state index contributed by atoms with van der Waals surface area (Å²) in [6.07, 6.45) is 0. The zero-order valence-corrected chi connectivity index (χ0v) is 11.7. The van der Waals surface area contributed by atoms with Crippen LogP contribution in [0.15, 0.2) is 40.6 Å². The van der Waals surface area contributed by atoms with E-state index in [-0.39, 0.29) is 5.00 Å². The van der Waals surface area contributed by atoms with Gasteiger partial charge in [0, 0.05) is 28.6 Å². The first-order valence-electron chi connectivity index (χ1n) is 5.56. The molecule has 0 spiro atoms. The fourth-order valence-corrected chi connectivity index (χ4v) is 2.91. The molecule has 106 valence electrons. The predicted octanol–water partition coefficient (Wildman–Crippen LogP) is 4.58. The molecule has 0 fully saturated rings. The monoisotopic (exact) mass is 316 g/mol. The minimum atomic E-state index is -2.49. The molecule has 2 rings (SSSR count). The Bertz CT molecular complexity index is 605. The number of nitrogens with one attached hydrogen (secondary N) is 1. The second kappa shape index (κ2) is 6.67. The van der Waals surface area contributed by atoms with Gasteiger partial charge in [0.2, 0.25) is 0 Å². The number of nitrogens with zero attached hydrogens (tertiary/aromatic N) is 1. The SMILES string of the molecule is O=[N+]([O-])c1cc(CNc2ccccc2SC(F)F)cs1. The quantitative estimate of drug-likeness (QED) is 0.481. The maximum Gasteiger partial charge on any atom is 0.324 e. The van der Waals surface area contributed by atoms with E-state index in [0.717, 1.165) is 16.9 Å². The molecule has 0 aliphatic rings. The van der Waals surface area contributed by atoms with Crippen LogP contribution in [0.4, 0.5) is 19.5 Å². The Morgan fingerprint density at radius 2 is 2.15 bits per heavy atom. The van der Waals surface area contributed by atoms with Gasteiger partial charge in [-0.05, 0) is 17.7 Å². The molecule has 0 saturated carbocycles. The Kier molecular flexibility index (Phi) is 4.91. The van der Waals surface area contributed by atoms with Crippen LogP contribution >= 0.6 is 23.1 Å². The van der Waals surface area contributed by atoms with E-state index in [1.807, 2.05) is 0 Å². The Morgan fingerprint density at radius 3 is 2.80 bits per heavy atom. The lowest BCUT2D eigenvalue weighted by Crippen LogP contribution is -2.00. The van der Waals surface area contributed by atoms with Crippen molar-refractivity contribution in [2.45, 2.75) is 17.2 Å². The van der Waals surface area contributed by atoms with E-state index in [1.54, 1.807) is 29.6 Å². The van der Waals surface area contributed by atoms with Crippen LogP contribution in [0, 0.1) is 10.1 Å². The van der Waals surface area contributed by atoms with Gasteiger partial charge in [-0.25, -0.2) is 0 Å². The van der Waals surface area contributed by atoms with Crippen LogP contribution in [0.1, 0.15) is 5.56 Å². The molecule has 1 aromatic heterocycles. The number of anilines is 1. The Hall–Kier alpha value is -1.67. The molecule has 0 bridgehead atoms. The molecule has 0 saturated heterocycles. The van der Waals surface area contributed by atoms with Gasteiger partial charge in [-0.15, -0.1) is 0 Å². The number of hydrogen-bond donors (Lipinski definition) is 1. The molecule has 20 heavy (non-hydrogen) atoms. The highest BCUT2D eigenvalue weighted by Crippen LogP contribution is 2.32. The Labute approximate surface area is 122 Å². The van der Waals surface area contributed by atoms with Gasteiger partial charge in [0.1, 0.15) is 0 Å². The Morgan fingerprint density at radius 1 is 1.40 bits per heavy atom. The maximum atomic E-state index is 12.4. The van der Waals surface area contributed by atoms with Gasteiger partial charge in [-0.1, -0.05) is 35.2 Å². The fraction of sp³-hybridized carbons (Fsp3) is 0.167. The minimum absolute atomic E-state index is 0.0667. The largest absolute Gasteiger partial charge is 0.380 e. The van der Waals surface area contributed by atoms with Crippen LogP contribution < -0.4 is 5.32 Å². The van der Waals surface area contributed by atoms with Crippen molar-refractivity contribution in [2.24, 2.45) is 0 Å². The summed E-state index contributed by atoms with van der Waals surface area (Å²) in [4.78, 5) is 10.6. The third kappa shape index (κ3) is 3.91. The smallest absolute Gasteiger partial charge is 0.324 e. The molecule has 0 atom stereocenters. The molecule has 1 N–H and O–H groups in total. The van der Waals surface area contributed by atoms with Crippen molar-refractivity contribution < 1.29 is 13.7 Å². The summed E-state index contributed by atoms with van der Waals surface area (Å²) >= 11 is 1.51. The molecule has 0 unspecified atom stereocenters. The first-order valence-corrected chi connectivity index (χ1v) is 7.31. The van der Waals surface area contributed by atoms with E-state index in [1.165, 1.54) is 6.07 Å². The second-order valence-corrected chi connectivity index (χ2v) is 5.70. The lowest BCUT2D eigenvalue weighted by molar-refractivity contribution is -0.380. The first-order chi connectivity index (χ1) is 9.56. The molecule has 1 heterocycles. The summed E-state index contributed by atoms with van der Waals surface area (Å²) < 4.78 is 24.8. The number of thioether (sulfide) groups is 1. The molecule has 0 aliphatic carbocycles. The highest BCUT2D eigenvalue weighted by Gasteiger charge is 2.11. The molecule has 0 amide bonds. The lowest BCUT2D eigenvalue weighted by atomic mass is 10.3. The van der Waals surface area contributed by atoms with Gasteiger partial charge in [0.25, 0.3) is 5.76 Å². The highest BCUT2D eigenvalue weighted by molar-refractivity contribution is 7.99. The molecular formula is C12H10F2N2O2S2. The van der Waals surface area contributed by atoms with Crippen molar-refractivity contribution in [3.63, 3.8) is 0 Å². The predicted molar refractivity (Wildman–Crippen MR) is 76.6 cm³/mol. The van der Waals surface area contributed by atoms with Crippen LogP contribution in [0.25, 0.3) is 0 Å². The van der Waals surface area contributed by atoms with Crippen LogP contribution in [0.3, 0.4) is 0 Å². The van der Waals surface area contributed by atoms with Crippen molar-refractivity contribution in [3.8, 4) is 0 Å². The van der Waals surface area contributed by atoms with E-state index < -0.39 is 10.7 Å². The first kappa shape index (κ1) is 14.7. The van der Waals surface area contributed by atoms with Gasteiger partial charge in [0.15, 0.2) is 0 Å². The Balaban J connectivity index is 2.04. The summed E-state index contributed by atoms with van der Waals surface area (Å²) in [6.45, 7) is 0.352. The van der Waals surface area contributed by atoms with Gasteiger partial charge in [-0.3, -0.25) is 10.1 Å². The third-order valence-electron chi connectivity index (χ3n) is 2.41. The van der Waals surface area contributed by atoms with E-state index in [2.05, 4.69) is 5.32 Å². The molecule has 4 nitrogen and oxygen atoms in total. The highest BCUT2D eigenvalue weighted by atomic mass is 32.2. The number of rotatable bonds is 6. The number of alkyl halides is 2. The van der Waals surface area contributed by atoms with Crippen molar-refractivity contribution in [1.82, 2.24) is 0 Å². The van der Waals surface area contributed by atoms with Crippen LogP contribution in [-0.4, -0.2) is 10.7 Å². The van der Waals surface area contributed by atoms with Gasteiger partial charge < -0.3 is 5.32 Å². The van der Waals surface area contributed by atoms with Gasteiger partial charge in [-0.2, -0.15) is 8.78 Å². The van der Waals surface area contributed by atoms with Crippen LogP contribution in [-0.2, 0) is 6.54 Å². The van der Waals surface area contributed by atoms with Crippen molar-refractivity contribution in [2.75, 3.05) is 5.32 Å². The maximum absolute atomic E-state index is 12.4. The average molecular weight is 316 g/mol. The van der Waals surface area contributed by atoms with Crippen molar-refractivity contribution in [1.29, 1.82) is 0 Å². The fourth-order valence-electron chi connectivity index (χ4n) is 1.56. The summed E-state index contributed by atoms with van der Waals surface area (Å²) in [5.74, 6) is -2.49. The number of nitro groups is 1. The van der Waals surface area contributed by atoms with Crippen molar-refractivity contribution >= 4 is 33.8 Å². The van der Waals surface area contributed by atoms with Gasteiger partial charge >= 0.3 is 5.00 Å². The number of thiophene rings is 1. The van der Waals surface area contributed by atoms with E-state index in [9.17, 15) is 18.9 Å². The molecule has 0 aliphatic heterocycles. The topological polar surface area (TPSA) is 55.2 Å². The molecule has 8 heteroatoms. The second-order valence-electron chi connectivity index (χ2n) is 3.78. The van der Waals surface area contributed by atoms with Crippen LogP contribution in [0.5, 0.6) is 0 Å². The number of halogens is 2. The normalized spacial score (nSPS) is 10.8.